The van der Waals surface area contributed by atoms with E-state index in [-0.39, 0.29) is 43.1 Å². The molecule has 1 aromatic heterocycles. The van der Waals surface area contributed by atoms with E-state index >= 15 is 0 Å². The highest BCUT2D eigenvalue weighted by molar-refractivity contribution is 14.1. The third-order valence-electron chi connectivity index (χ3n) is 4.37. The molecule has 162 valence electrons. The molecule has 3 atom stereocenters. The largest absolute Gasteiger partial charge is 0.459 e. The van der Waals surface area contributed by atoms with Gasteiger partial charge in [0.15, 0.2) is 0 Å². The number of carbonyl (C=O) groups excluding carboxylic acids is 2. The van der Waals surface area contributed by atoms with Crippen LogP contribution in [-0.2, 0) is 19.1 Å². The third kappa shape index (κ3) is 6.95. The molecule has 29 heavy (non-hydrogen) atoms. The fraction of sp³-hybridized carbons (Fsp3) is 0.684. The first-order valence-corrected chi connectivity index (χ1v) is 10.8. The number of H-pyrrole nitrogens is 1. The zero-order valence-corrected chi connectivity index (χ0v) is 19.2. The van der Waals surface area contributed by atoms with Crippen molar-refractivity contribution in [3.63, 3.8) is 0 Å². The molecule has 1 amide bonds. The second-order valence-corrected chi connectivity index (χ2v) is 9.20. The highest BCUT2D eigenvalue weighted by Gasteiger charge is 2.39. The van der Waals surface area contributed by atoms with Gasteiger partial charge in [-0.05, 0) is 34.4 Å². The van der Waals surface area contributed by atoms with Gasteiger partial charge in [-0.15, -0.1) is 0 Å². The molecule has 0 radical (unpaired) electrons. The van der Waals surface area contributed by atoms with Crippen LogP contribution in [0.2, 0.25) is 0 Å². The van der Waals surface area contributed by atoms with Crippen LogP contribution in [0.25, 0.3) is 0 Å². The molecule has 1 aliphatic heterocycles. The summed E-state index contributed by atoms with van der Waals surface area (Å²) in [6, 6.07) is 0. The number of amides is 1. The van der Waals surface area contributed by atoms with Crippen LogP contribution < -0.4 is 16.6 Å². The summed E-state index contributed by atoms with van der Waals surface area (Å²) in [5, 5.41) is 2.81. The third-order valence-corrected chi connectivity index (χ3v) is 5.14. The molecule has 2 rings (SSSR count). The molecule has 2 heterocycles. The Morgan fingerprint density at radius 1 is 1.28 bits per heavy atom. The van der Waals surface area contributed by atoms with E-state index in [1.54, 1.807) is 0 Å². The summed E-state index contributed by atoms with van der Waals surface area (Å²) in [5.41, 5.74) is -1.07. The van der Waals surface area contributed by atoms with Gasteiger partial charge in [0, 0.05) is 32.0 Å². The van der Waals surface area contributed by atoms with Crippen LogP contribution >= 0.6 is 22.6 Å². The molecular formula is C19H28IN3O6. The summed E-state index contributed by atoms with van der Waals surface area (Å²) < 4.78 is 13.2. The van der Waals surface area contributed by atoms with E-state index in [0.29, 0.717) is 9.99 Å². The van der Waals surface area contributed by atoms with Crippen LogP contribution in [0.4, 0.5) is 0 Å². The van der Waals surface area contributed by atoms with Gasteiger partial charge in [-0.1, -0.05) is 27.7 Å². The normalized spacial score (nSPS) is 21.6. The average Bonchev–Trinajstić information content (AvgIpc) is 2.97. The summed E-state index contributed by atoms with van der Waals surface area (Å²) in [6.07, 6.45) is 0.397. The molecule has 0 spiro atoms. The molecule has 1 aromatic rings. The van der Waals surface area contributed by atoms with Crippen molar-refractivity contribution >= 4 is 34.5 Å². The topological polar surface area (TPSA) is 119 Å². The Kier molecular flexibility index (Phi) is 8.44. The highest BCUT2D eigenvalue weighted by atomic mass is 127. The van der Waals surface area contributed by atoms with Crippen molar-refractivity contribution in [2.45, 2.75) is 65.4 Å². The fourth-order valence-corrected chi connectivity index (χ4v) is 3.50. The van der Waals surface area contributed by atoms with Crippen LogP contribution in [0.5, 0.6) is 0 Å². The number of ether oxygens (including phenoxy) is 2. The zero-order valence-electron chi connectivity index (χ0n) is 17.1. The Morgan fingerprint density at radius 2 is 1.93 bits per heavy atom. The predicted molar refractivity (Wildman–Crippen MR) is 114 cm³/mol. The molecule has 1 aliphatic rings. The number of halogens is 1. The highest BCUT2D eigenvalue weighted by Crippen LogP contribution is 2.30. The quantitative estimate of drug-likeness (QED) is 0.396. The van der Waals surface area contributed by atoms with E-state index in [9.17, 15) is 19.2 Å². The number of carbonyl (C=O) groups is 2. The standard InChI is InChI=1S/C19H28IN3O6/c1-10(2)5-15(24)21-8-14-13(29-17(25)6-11(3)4)7-16(28-14)23-9-12(20)18(26)22-19(23)27/h9-11,13-14,16H,5-8H2,1-4H3,(H,21,24)(H,22,26,27)/t13-,14+,16+/m0/s1. The molecule has 0 aromatic carbocycles. The number of aromatic amines is 1. The number of hydrogen-bond donors (Lipinski definition) is 2. The Labute approximate surface area is 182 Å². The van der Waals surface area contributed by atoms with Crippen molar-refractivity contribution in [2.24, 2.45) is 11.8 Å². The van der Waals surface area contributed by atoms with Gasteiger partial charge in [-0.25, -0.2) is 4.79 Å². The van der Waals surface area contributed by atoms with E-state index in [0.717, 1.165) is 0 Å². The van der Waals surface area contributed by atoms with Crippen molar-refractivity contribution in [3.8, 4) is 0 Å². The minimum absolute atomic E-state index is 0.116. The van der Waals surface area contributed by atoms with Crippen molar-refractivity contribution in [2.75, 3.05) is 6.54 Å². The summed E-state index contributed by atoms with van der Waals surface area (Å²) >= 11 is 1.83. The first kappa shape index (κ1) is 23.6. The number of nitrogens with zero attached hydrogens (tertiary/aromatic N) is 1. The van der Waals surface area contributed by atoms with Gasteiger partial charge in [0.25, 0.3) is 5.56 Å². The van der Waals surface area contributed by atoms with Gasteiger partial charge in [0.2, 0.25) is 5.91 Å². The van der Waals surface area contributed by atoms with Crippen molar-refractivity contribution in [1.82, 2.24) is 14.9 Å². The van der Waals surface area contributed by atoms with Gasteiger partial charge in [0.05, 0.1) is 3.57 Å². The average molecular weight is 521 g/mol. The molecule has 1 saturated heterocycles. The Morgan fingerprint density at radius 3 is 2.55 bits per heavy atom. The zero-order chi connectivity index (χ0) is 21.7. The number of aromatic nitrogens is 2. The maximum absolute atomic E-state index is 12.2. The molecule has 0 unspecified atom stereocenters. The number of nitrogens with one attached hydrogen (secondary N) is 2. The number of rotatable bonds is 8. The molecule has 1 fully saturated rings. The molecule has 0 saturated carbocycles. The monoisotopic (exact) mass is 521 g/mol. The molecule has 0 bridgehead atoms. The maximum Gasteiger partial charge on any atom is 0.330 e. The molecule has 9 nitrogen and oxygen atoms in total. The van der Waals surface area contributed by atoms with Gasteiger partial charge in [0.1, 0.15) is 18.4 Å². The van der Waals surface area contributed by atoms with E-state index < -0.39 is 29.7 Å². The molecule has 10 heteroatoms. The van der Waals surface area contributed by atoms with E-state index in [1.165, 1.54) is 10.8 Å². The van der Waals surface area contributed by atoms with Crippen molar-refractivity contribution in [3.05, 3.63) is 30.6 Å². The van der Waals surface area contributed by atoms with E-state index in [4.69, 9.17) is 9.47 Å². The lowest BCUT2D eigenvalue weighted by Gasteiger charge is -2.20. The van der Waals surface area contributed by atoms with Gasteiger partial charge < -0.3 is 14.8 Å². The molecular weight excluding hydrogens is 493 g/mol. The lowest BCUT2D eigenvalue weighted by molar-refractivity contribution is -0.152. The van der Waals surface area contributed by atoms with E-state index in [2.05, 4.69) is 10.3 Å². The smallest absolute Gasteiger partial charge is 0.330 e. The summed E-state index contributed by atoms with van der Waals surface area (Å²) in [5.74, 6) is -0.104. The summed E-state index contributed by atoms with van der Waals surface area (Å²) in [7, 11) is 0. The van der Waals surface area contributed by atoms with Crippen LogP contribution in [0, 0.1) is 15.4 Å². The fourth-order valence-electron chi connectivity index (χ4n) is 3.06. The first-order valence-electron chi connectivity index (χ1n) is 9.69. The Bertz CT molecular complexity index is 847. The lowest BCUT2D eigenvalue weighted by atomic mass is 10.1. The minimum atomic E-state index is -0.711. The predicted octanol–water partition coefficient (Wildman–Crippen LogP) is 1.55. The summed E-state index contributed by atoms with van der Waals surface area (Å²) in [6.45, 7) is 7.89. The van der Waals surface area contributed by atoms with Crippen molar-refractivity contribution < 1.29 is 19.1 Å². The Hall–Kier alpha value is -1.69. The SMILES string of the molecule is CC(C)CC(=O)NC[C@H]1O[C@@H](n2cc(I)c(=O)[nH]c2=O)C[C@@H]1OC(=O)CC(C)C. The van der Waals surface area contributed by atoms with Gasteiger partial charge in [-0.3, -0.25) is 23.9 Å². The van der Waals surface area contributed by atoms with Gasteiger partial charge in [-0.2, -0.15) is 0 Å². The van der Waals surface area contributed by atoms with Crippen LogP contribution in [0.15, 0.2) is 15.8 Å². The minimum Gasteiger partial charge on any atom is -0.459 e. The first-order chi connectivity index (χ1) is 13.6. The number of esters is 1. The van der Waals surface area contributed by atoms with Crippen LogP contribution in [0.3, 0.4) is 0 Å². The van der Waals surface area contributed by atoms with Crippen molar-refractivity contribution in [1.29, 1.82) is 0 Å². The second kappa shape index (κ2) is 10.4. The molecule has 0 aliphatic carbocycles. The molecule has 2 N–H and O–H groups in total. The van der Waals surface area contributed by atoms with E-state index in [1.807, 2.05) is 50.3 Å². The second-order valence-electron chi connectivity index (χ2n) is 8.04. The van der Waals surface area contributed by atoms with Crippen LogP contribution in [-0.4, -0.2) is 40.2 Å². The Balaban J connectivity index is 2.15. The van der Waals surface area contributed by atoms with Gasteiger partial charge >= 0.3 is 11.7 Å². The number of hydrogen-bond acceptors (Lipinski definition) is 6. The maximum atomic E-state index is 12.2. The van der Waals surface area contributed by atoms with Crippen LogP contribution in [0.1, 0.15) is 53.2 Å². The lowest BCUT2D eigenvalue weighted by Crippen LogP contribution is -2.39. The summed E-state index contributed by atoms with van der Waals surface area (Å²) in [4.78, 5) is 50.2.